The number of hydrogen-bond donors (Lipinski definition) is 1. The maximum atomic E-state index is 12.5. The summed E-state index contributed by atoms with van der Waals surface area (Å²) in [6.45, 7) is 3.39. The molecule has 28 heavy (non-hydrogen) atoms. The highest BCUT2D eigenvalue weighted by Gasteiger charge is 2.37. The van der Waals surface area contributed by atoms with E-state index < -0.39 is 16.8 Å². The molecule has 1 unspecified atom stereocenters. The fraction of sp³-hybridized carbons (Fsp3) is 0.400. The van der Waals surface area contributed by atoms with Crippen LogP contribution in [-0.2, 0) is 9.53 Å². The summed E-state index contributed by atoms with van der Waals surface area (Å²) in [7, 11) is 1.28. The van der Waals surface area contributed by atoms with E-state index in [1.807, 2.05) is 0 Å². The number of methoxy groups -OCH3 is 1. The predicted octanol–water partition coefficient (Wildman–Crippen LogP) is 2.95. The van der Waals surface area contributed by atoms with Gasteiger partial charge in [0.2, 0.25) is 0 Å². The number of benzene rings is 1. The average Bonchev–Trinajstić information content (AvgIpc) is 2.73. The number of esters is 1. The third-order valence-electron chi connectivity index (χ3n) is 5.15. The van der Waals surface area contributed by atoms with Crippen LogP contribution < -0.4 is 5.32 Å². The molecule has 1 aromatic carbocycles. The fourth-order valence-corrected chi connectivity index (χ4v) is 3.83. The van der Waals surface area contributed by atoms with E-state index in [0.29, 0.717) is 28.2 Å². The van der Waals surface area contributed by atoms with Gasteiger partial charge in [0.25, 0.3) is 5.69 Å². The topological polar surface area (TPSA) is 108 Å². The second-order valence-electron chi connectivity index (χ2n) is 6.86. The molecular formula is C20H22N4O4. The summed E-state index contributed by atoms with van der Waals surface area (Å²) in [5.74, 6) is -0.619. The summed E-state index contributed by atoms with van der Waals surface area (Å²) < 4.78 is 4.95. The molecule has 0 aliphatic carbocycles. The van der Waals surface area contributed by atoms with Crippen LogP contribution in [0.15, 0.2) is 46.9 Å². The lowest BCUT2D eigenvalue weighted by molar-refractivity contribution is -0.384. The second-order valence-corrected chi connectivity index (χ2v) is 6.86. The van der Waals surface area contributed by atoms with Crippen LogP contribution in [0.25, 0.3) is 0 Å². The van der Waals surface area contributed by atoms with Crippen LogP contribution in [0.5, 0.6) is 0 Å². The van der Waals surface area contributed by atoms with Gasteiger partial charge >= 0.3 is 5.97 Å². The molecule has 2 heterocycles. The molecule has 146 valence electrons. The average molecular weight is 382 g/mol. The van der Waals surface area contributed by atoms with E-state index in [1.165, 1.54) is 19.2 Å². The third-order valence-corrected chi connectivity index (χ3v) is 5.15. The van der Waals surface area contributed by atoms with Crippen LogP contribution >= 0.6 is 0 Å². The van der Waals surface area contributed by atoms with E-state index in [0.717, 1.165) is 32.4 Å². The molecule has 1 aromatic rings. The standard InChI is InChI=1S/C20H22N4O4/c1-13-17(20(25)28-2)18(14-7-6-8-15(11-14)24(26)27)16(12-21)19(22-13)23-9-4-3-5-10-23/h6-8,11,18,22H,3-5,9-10H2,1-2H3. The monoisotopic (exact) mass is 382 g/mol. The van der Waals surface area contributed by atoms with Crippen LogP contribution in [0.3, 0.4) is 0 Å². The van der Waals surface area contributed by atoms with Crippen LogP contribution in [0.4, 0.5) is 5.69 Å². The molecule has 0 spiro atoms. The van der Waals surface area contributed by atoms with Gasteiger partial charge in [-0.05, 0) is 31.7 Å². The Morgan fingerprint density at radius 3 is 2.68 bits per heavy atom. The number of nitro benzene ring substituents is 1. The van der Waals surface area contributed by atoms with Crippen LogP contribution in [0, 0.1) is 21.4 Å². The lowest BCUT2D eigenvalue weighted by Gasteiger charge is -2.37. The largest absolute Gasteiger partial charge is 0.466 e. The van der Waals surface area contributed by atoms with Gasteiger partial charge in [0.05, 0.1) is 35.2 Å². The number of carbonyl (C=O) groups is 1. The summed E-state index contributed by atoms with van der Waals surface area (Å²) in [4.78, 5) is 25.4. The number of rotatable bonds is 4. The molecule has 1 saturated heterocycles. The molecule has 0 aromatic heterocycles. The van der Waals surface area contributed by atoms with Crippen LogP contribution in [0.2, 0.25) is 0 Å². The minimum absolute atomic E-state index is 0.0882. The summed E-state index contributed by atoms with van der Waals surface area (Å²) in [5, 5.41) is 24.4. The lowest BCUT2D eigenvalue weighted by Crippen LogP contribution is -2.40. The summed E-state index contributed by atoms with van der Waals surface area (Å²) in [6, 6.07) is 8.31. The Morgan fingerprint density at radius 1 is 1.36 bits per heavy atom. The Labute approximate surface area is 163 Å². The lowest BCUT2D eigenvalue weighted by atomic mass is 9.81. The third kappa shape index (κ3) is 3.56. The van der Waals surface area contributed by atoms with Crippen molar-refractivity contribution in [3.8, 4) is 6.07 Å². The van der Waals surface area contributed by atoms with E-state index in [9.17, 15) is 20.2 Å². The molecule has 2 aliphatic rings. The Kier molecular flexibility index (Phi) is 5.64. The van der Waals surface area contributed by atoms with Gasteiger partial charge in [0.1, 0.15) is 5.82 Å². The van der Waals surface area contributed by atoms with Crippen LogP contribution in [0.1, 0.15) is 37.7 Å². The van der Waals surface area contributed by atoms with Gasteiger partial charge in [-0.2, -0.15) is 5.26 Å². The Bertz CT molecular complexity index is 907. The predicted molar refractivity (Wildman–Crippen MR) is 102 cm³/mol. The fourth-order valence-electron chi connectivity index (χ4n) is 3.83. The molecule has 1 N–H and O–H groups in total. The van der Waals surface area contributed by atoms with Crippen molar-refractivity contribution >= 4 is 11.7 Å². The molecule has 1 atom stereocenters. The molecule has 8 nitrogen and oxygen atoms in total. The van der Waals surface area contributed by atoms with Crippen molar-refractivity contribution in [2.24, 2.45) is 0 Å². The van der Waals surface area contributed by atoms with Crippen molar-refractivity contribution in [1.82, 2.24) is 10.2 Å². The van der Waals surface area contributed by atoms with Crippen molar-refractivity contribution in [3.63, 3.8) is 0 Å². The molecule has 0 saturated carbocycles. The molecule has 0 radical (unpaired) electrons. The van der Waals surface area contributed by atoms with Crippen molar-refractivity contribution in [3.05, 3.63) is 62.6 Å². The van der Waals surface area contributed by atoms with Gasteiger partial charge in [-0.3, -0.25) is 10.1 Å². The van der Waals surface area contributed by atoms with Gasteiger partial charge in [-0.1, -0.05) is 12.1 Å². The van der Waals surface area contributed by atoms with Crippen molar-refractivity contribution < 1.29 is 14.5 Å². The number of hydrogen-bond acceptors (Lipinski definition) is 7. The first kappa shape index (κ1) is 19.4. The zero-order valence-electron chi connectivity index (χ0n) is 15.9. The number of nitriles is 1. The van der Waals surface area contributed by atoms with Gasteiger partial charge in [-0.25, -0.2) is 4.79 Å². The first-order valence-corrected chi connectivity index (χ1v) is 9.17. The summed E-state index contributed by atoms with van der Waals surface area (Å²) in [5.41, 5.74) is 1.67. The van der Waals surface area contributed by atoms with E-state index in [1.54, 1.807) is 19.1 Å². The smallest absolute Gasteiger partial charge is 0.336 e. The zero-order chi connectivity index (χ0) is 20.3. The highest BCUT2D eigenvalue weighted by molar-refractivity contribution is 5.93. The highest BCUT2D eigenvalue weighted by Crippen LogP contribution is 2.40. The zero-order valence-corrected chi connectivity index (χ0v) is 15.9. The Morgan fingerprint density at radius 2 is 2.07 bits per heavy atom. The Balaban J connectivity index is 2.18. The molecule has 1 fully saturated rings. The number of likely N-dealkylation sites (tertiary alicyclic amines) is 1. The first-order chi connectivity index (χ1) is 13.5. The molecular weight excluding hydrogens is 360 g/mol. The SMILES string of the molecule is COC(=O)C1=C(C)NC(N2CCCCC2)=C(C#N)C1c1cccc([N+](=O)[O-])c1. The maximum absolute atomic E-state index is 12.5. The number of allylic oxidation sites excluding steroid dienone is 2. The molecule has 8 heteroatoms. The van der Waals surface area contributed by atoms with E-state index in [-0.39, 0.29) is 5.69 Å². The number of nitrogens with zero attached hydrogens (tertiary/aromatic N) is 3. The number of piperidine rings is 1. The first-order valence-electron chi connectivity index (χ1n) is 9.17. The summed E-state index contributed by atoms with van der Waals surface area (Å²) >= 11 is 0. The summed E-state index contributed by atoms with van der Waals surface area (Å²) in [6.07, 6.45) is 3.19. The van der Waals surface area contributed by atoms with Crippen molar-refractivity contribution in [2.75, 3.05) is 20.2 Å². The molecule has 2 aliphatic heterocycles. The van der Waals surface area contributed by atoms with Crippen molar-refractivity contribution in [1.29, 1.82) is 5.26 Å². The molecule has 0 amide bonds. The van der Waals surface area contributed by atoms with Crippen molar-refractivity contribution in [2.45, 2.75) is 32.1 Å². The highest BCUT2D eigenvalue weighted by atomic mass is 16.6. The quantitative estimate of drug-likeness (QED) is 0.484. The van der Waals surface area contributed by atoms with Gasteiger partial charge < -0.3 is 15.0 Å². The van der Waals surface area contributed by atoms with E-state index >= 15 is 0 Å². The number of nitro groups is 1. The minimum atomic E-state index is -0.726. The number of nitrogens with one attached hydrogen (secondary N) is 1. The van der Waals surface area contributed by atoms with Gasteiger partial charge in [0, 0.05) is 30.9 Å². The number of dihydropyridines is 1. The normalized spacial score (nSPS) is 19.8. The van der Waals surface area contributed by atoms with E-state index in [2.05, 4.69) is 16.3 Å². The molecule has 0 bridgehead atoms. The number of ether oxygens (including phenoxy) is 1. The Hall–Kier alpha value is -3.34. The number of carbonyl (C=O) groups excluding carboxylic acids is 1. The number of non-ortho nitro benzene ring substituents is 1. The second kappa shape index (κ2) is 8.13. The maximum Gasteiger partial charge on any atom is 0.336 e. The van der Waals surface area contributed by atoms with E-state index in [4.69, 9.17) is 4.74 Å². The molecule has 3 rings (SSSR count). The van der Waals surface area contributed by atoms with Gasteiger partial charge in [0.15, 0.2) is 0 Å². The van der Waals surface area contributed by atoms with Gasteiger partial charge in [-0.15, -0.1) is 0 Å². The van der Waals surface area contributed by atoms with Crippen LogP contribution in [-0.4, -0.2) is 36.0 Å². The minimum Gasteiger partial charge on any atom is -0.466 e.